The second kappa shape index (κ2) is 11.9. The average molecular weight is 516 g/mol. The highest BCUT2D eigenvalue weighted by atomic mass is 16.5. The van der Waals surface area contributed by atoms with Gasteiger partial charge in [-0.05, 0) is 61.9 Å². The lowest BCUT2D eigenvalue weighted by Crippen LogP contribution is -2.62. The Morgan fingerprint density at radius 1 is 1.03 bits per heavy atom. The number of pyridine rings is 1. The van der Waals surface area contributed by atoms with Crippen LogP contribution in [0.1, 0.15) is 54.9 Å². The highest BCUT2D eigenvalue weighted by molar-refractivity contribution is 6.06. The number of morpholine rings is 1. The van der Waals surface area contributed by atoms with Gasteiger partial charge in [0.1, 0.15) is 12.4 Å². The van der Waals surface area contributed by atoms with Gasteiger partial charge in [-0.2, -0.15) is 0 Å². The summed E-state index contributed by atoms with van der Waals surface area (Å²) in [6.45, 7) is 4.72. The molecule has 1 fully saturated rings. The van der Waals surface area contributed by atoms with Crippen LogP contribution in [-0.4, -0.2) is 71.6 Å². The minimum Gasteiger partial charge on any atom is -0.491 e. The molecule has 7 heteroatoms. The van der Waals surface area contributed by atoms with Gasteiger partial charge >= 0.3 is 0 Å². The van der Waals surface area contributed by atoms with Crippen molar-refractivity contribution in [2.24, 2.45) is 0 Å². The summed E-state index contributed by atoms with van der Waals surface area (Å²) in [5.41, 5.74) is 1.54. The maximum Gasteiger partial charge on any atom is 0.256 e. The molecule has 1 atom stereocenters. The quantitative estimate of drug-likeness (QED) is 0.495. The Hall–Kier alpha value is -3.45. The first-order valence-corrected chi connectivity index (χ1v) is 13.9. The second-order valence-electron chi connectivity index (χ2n) is 10.3. The Kier molecular flexibility index (Phi) is 8.23. The van der Waals surface area contributed by atoms with Crippen molar-refractivity contribution in [1.29, 1.82) is 0 Å². The molecule has 0 aliphatic carbocycles. The van der Waals surface area contributed by atoms with E-state index < -0.39 is 5.60 Å². The van der Waals surface area contributed by atoms with E-state index in [-0.39, 0.29) is 18.4 Å². The van der Waals surface area contributed by atoms with E-state index in [1.54, 1.807) is 11.1 Å². The highest BCUT2D eigenvalue weighted by Crippen LogP contribution is 2.31. The van der Waals surface area contributed by atoms with Crippen molar-refractivity contribution in [1.82, 2.24) is 14.8 Å². The summed E-state index contributed by atoms with van der Waals surface area (Å²) in [5, 5.41) is 0.825. The molecule has 3 heterocycles. The molecule has 2 aliphatic heterocycles. The van der Waals surface area contributed by atoms with Crippen molar-refractivity contribution in [3.05, 3.63) is 71.9 Å². The predicted octanol–water partition coefficient (Wildman–Crippen LogP) is 4.88. The number of unbranched alkanes of at least 4 members (excludes halogenated alkanes) is 1. The van der Waals surface area contributed by atoms with Gasteiger partial charge in [0.25, 0.3) is 11.8 Å². The molecular formula is C31H37N3O4. The molecular weight excluding hydrogens is 478 g/mol. The van der Waals surface area contributed by atoms with Crippen LogP contribution in [0, 0.1) is 0 Å². The monoisotopic (exact) mass is 515 g/mol. The van der Waals surface area contributed by atoms with E-state index in [1.807, 2.05) is 53.4 Å². The number of carbonyl (C=O) groups is 2. The number of rotatable bonds is 4. The number of para-hydroxylation sites is 1. The first-order chi connectivity index (χ1) is 18.6. The fourth-order valence-corrected chi connectivity index (χ4v) is 5.60. The zero-order valence-corrected chi connectivity index (χ0v) is 22.2. The van der Waals surface area contributed by atoms with Crippen LogP contribution in [0.15, 0.2) is 60.8 Å². The Labute approximate surface area is 224 Å². The fourth-order valence-electron chi connectivity index (χ4n) is 5.60. The molecule has 5 rings (SSSR count). The number of fused-ring (bicyclic) bond motifs is 2. The fraction of sp³-hybridized carbons (Fsp3) is 0.452. The molecule has 2 amide bonds. The van der Waals surface area contributed by atoms with Gasteiger partial charge in [0.05, 0.1) is 25.2 Å². The molecule has 1 aromatic heterocycles. The molecule has 1 unspecified atom stereocenters. The van der Waals surface area contributed by atoms with Gasteiger partial charge in [-0.15, -0.1) is 0 Å². The third-order valence-corrected chi connectivity index (χ3v) is 7.68. The van der Waals surface area contributed by atoms with Gasteiger partial charge in [0.2, 0.25) is 0 Å². The highest BCUT2D eigenvalue weighted by Gasteiger charge is 2.46. The van der Waals surface area contributed by atoms with Gasteiger partial charge < -0.3 is 19.3 Å². The van der Waals surface area contributed by atoms with E-state index in [2.05, 4.69) is 18.0 Å². The number of aryl methyl sites for hydroxylation is 1. The molecule has 38 heavy (non-hydrogen) atoms. The van der Waals surface area contributed by atoms with Crippen molar-refractivity contribution >= 4 is 22.7 Å². The topological polar surface area (TPSA) is 72.0 Å². The Morgan fingerprint density at radius 2 is 1.92 bits per heavy atom. The van der Waals surface area contributed by atoms with Crippen LogP contribution in [0.4, 0.5) is 0 Å². The SMILES string of the molecule is CCCCN1CCOc2ccccc2CCCCC2(CN(C(=O)c3cccc4ncccc34)CCO2)C1=O. The van der Waals surface area contributed by atoms with Crippen LogP contribution < -0.4 is 4.74 Å². The summed E-state index contributed by atoms with van der Waals surface area (Å²) >= 11 is 0. The van der Waals surface area contributed by atoms with Gasteiger partial charge in [0.15, 0.2) is 5.60 Å². The van der Waals surface area contributed by atoms with Gasteiger partial charge in [-0.25, -0.2) is 0 Å². The van der Waals surface area contributed by atoms with Crippen LogP contribution in [0.25, 0.3) is 10.9 Å². The molecule has 0 bridgehead atoms. The minimum absolute atomic E-state index is 0.0273. The van der Waals surface area contributed by atoms with Gasteiger partial charge in [-0.1, -0.05) is 43.7 Å². The van der Waals surface area contributed by atoms with Crippen LogP contribution in [0.5, 0.6) is 5.75 Å². The minimum atomic E-state index is -1.05. The lowest BCUT2D eigenvalue weighted by molar-refractivity contribution is -0.170. The van der Waals surface area contributed by atoms with E-state index in [1.165, 1.54) is 5.56 Å². The summed E-state index contributed by atoms with van der Waals surface area (Å²) in [5.74, 6) is 0.795. The van der Waals surface area contributed by atoms with Crippen LogP contribution >= 0.6 is 0 Å². The smallest absolute Gasteiger partial charge is 0.256 e. The first kappa shape index (κ1) is 26.2. The molecule has 200 valence electrons. The lowest BCUT2D eigenvalue weighted by atomic mass is 9.90. The first-order valence-electron chi connectivity index (χ1n) is 13.9. The number of nitrogens with zero attached hydrogens (tertiary/aromatic N) is 3. The third-order valence-electron chi connectivity index (χ3n) is 7.68. The number of aromatic nitrogens is 1. The normalized spacial score (nSPS) is 20.9. The van der Waals surface area contributed by atoms with E-state index in [0.29, 0.717) is 44.8 Å². The number of benzene rings is 2. The summed E-state index contributed by atoms with van der Waals surface area (Å²) in [6, 6.07) is 17.6. The van der Waals surface area contributed by atoms with Crippen molar-refractivity contribution in [3.8, 4) is 5.75 Å². The van der Waals surface area contributed by atoms with E-state index in [0.717, 1.165) is 48.8 Å². The number of ether oxygens (including phenoxy) is 2. The lowest BCUT2D eigenvalue weighted by Gasteiger charge is -2.44. The third kappa shape index (κ3) is 5.53. The zero-order valence-electron chi connectivity index (χ0n) is 22.2. The molecule has 2 aromatic carbocycles. The predicted molar refractivity (Wildman–Crippen MR) is 147 cm³/mol. The van der Waals surface area contributed by atoms with Gasteiger partial charge in [0, 0.05) is 30.2 Å². The second-order valence-corrected chi connectivity index (χ2v) is 10.3. The number of hydrogen-bond acceptors (Lipinski definition) is 5. The number of hydrogen-bond donors (Lipinski definition) is 0. The number of amides is 2. The largest absolute Gasteiger partial charge is 0.491 e. The van der Waals surface area contributed by atoms with Gasteiger partial charge in [-0.3, -0.25) is 14.6 Å². The summed E-state index contributed by atoms with van der Waals surface area (Å²) in [6.07, 6.45) is 6.82. The van der Waals surface area contributed by atoms with Crippen molar-refractivity contribution in [3.63, 3.8) is 0 Å². The van der Waals surface area contributed by atoms with E-state index in [4.69, 9.17) is 9.47 Å². The van der Waals surface area contributed by atoms with Crippen molar-refractivity contribution < 1.29 is 19.1 Å². The maximum atomic E-state index is 14.2. The van der Waals surface area contributed by atoms with Crippen LogP contribution in [-0.2, 0) is 16.0 Å². The van der Waals surface area contributed by atoms with Crippen molar-refractivity contribution in [2.75, 3.05) is 39.4 Å². The Bertz CT molecular complexity index is 1270. The van der Waals surface area contributed by atoms with Crippen molar-refractivity contribution in [2.45, 2.75) is 51.0 Å². The summed E-state index contributed by atoms with van der Waals surface area (Å²) < 4.78 is 12.5. The zero-order chi connectivity index (χ0) is 26.4. The van der Waals surface area contributed by atoms with Crippen LogP contribution in [0.2, 0.25) is 0 Å². The van der Waals surface area contributed by atoms with E-state index >= 15 is 0 Å². The molecule has 1 spiro atoms. The summed E-state index contributed by atoms with van der Waals surface area (Å²) in [4.78, 5) is 36.1. The standard InChI is InChI=1S/C31H37N3O4/c1-2-3-18-33-19-21-37-28-15-5-4-10-24(28)11-6-7-16-31(30(33)36)23-34(20-22-38-31)29(35)26-12-8-14-27-25(26)13-9-17-32-27/h4-5,8-10,12-15,17H,2-3,6-7,11,16,18-23H2,1H3. The van der Waals surface area contributed by atoms with E-state index in [9.17, 15) is 9.59 Å². The Morgan fingerprint density at radius 3 is 2.82 bits per heavy atom. The maximum absolute atomic E-state index is 14.2. The molecule has 1 saturated heterocycles. The molecule has 0 N–H and O–H groups in total. The Balaban J connectivity index is 1.42. The number of carbonyl (C=O) groups excluding carboxylic acids is 2. The molecule has 0 saturated carbocycles. The summed E-state index contributed by atoms with van der Waals surface area (Å²) in [7, 11) is 0. The van der Waals surface area contributed by atoms with Crippen LogP contribution in [0.3, 0.4) is 0 Å². The molecule has 7 nitrogen and oxygen atoms in total. The molecule has 0 radical (unpaired) electrons. The molecule has 3 aromatic rings. The average Bonchev–Trinajstić information content (AvgIpc) is 2.96. The molecule has 2 aliphatic rings.